The number of rotatable bonds is 5. The average Bonchev–Trinajstić information content (AvgIpc) is 2.94. The van der Waals surface area contributed by atoms with E-state index in [4.69, 9.17) is 22.1 Å². The maximum Gasteiger partial charge on any atom is 0.101 e. The van der Waals surface area contributed by atoms with Gasteiger partial charge < -0.3 is 9.90 Å². The van der Waals surface area contributed by atoms with Crippen molar-refractivity contribution in [3.63, 3.8) is 0 Å². The number of nitrogens with zero attached hydrogens (tertiary/aromatic N) is 4. The second-order valence-corrected chi connectivity index (χ2v) is 5.00. The number of aliphatic carboxylic acids is 1. The van der Waals surface area contributed by atoms with Gasteiger partial charge in [0.1, 0.15) is 6.07 Å². The highest BCUT2D eigenvalue weighted by Crippen LogP contribution is 2.25. The Morgan fingerprint density at radius 1 is 1.35 bits per heavy atom. The van der Waals surface area contributed by atoms with E-state index >= 15 is 0 Å². The van der Waals surface area contributed by atoms with Gasteiger partial charge in [-0.05, 0) is 18.2 Å². The van der Waals surface area contributed by atoms with E-state index in [0.717, 1.165) is 0 Å². The molecule has 0 N–H and O–H groups in total. The third-order valence-corrected chi connectivity index (χ3v) is 3.25. The summed E-state index contributed by atoms with van der Waals surface area (Å²) in [5.74, 6) is -1.56. The van der Waals surface area contributed by atoms with Crippen LogP contribution < -0.4 is 5.11 Å². The Balaban J connectivity index is 2.53. The third kappa shape index (κ3) is 3.97. The summed E-state index contributed by atoms with van der Waals surface area (Å²) in [5.41, 5.74) is 1.16. The van der Waals surface area contributed by atoms with E-state index in [1.165, 1.54) is 10.8 Å². The molecule has 0 aliphatic rings. The number of hydrogen-bond acceptors (Lipinski definition) is 5. The molecule has 1 aromatic carbocycles. The number of carboxylic acids is 1. The number of aryl methyl sites for hydroxylation is 1. The van der Waals surface area contributed by atoms with Crippen LogP contribution >= 0.6 is 11.6 Å². The number of benzene rings is 1. The quantitative estimate of drug-likeness (QED) is 0.615. The van der Waals surface area contributed by atoms with Gasteiger partial charge in [0.2, 0.25) is 0 Å². The lowest BCUT2D eigenvalue weighted by molar-refractivity contribution is -0.298. The van der Waals surface area contributed by atoms with Gasteiger partial charge in [-0.1, -0.05) is 23.7 Å². The van der Waals surface area contributed by atoms with Crippen molar-refractivity contribution < 1.29 is 9.90 Å². The van der Waals surface area contributed by atoms with Gasteiger partial charge >= 0.3 is 0 Å². The first-order valence-corrected chi connectivity index (χ1v) is 6.96. The summed E-state index contributed by atoms with van der Waals surface area (Å²) in [6.07, 6.45) is 3.05. The Hall–Kier alpha value is -3.09. The SMILES string of the molecule is N#CCCn1cc(/C=C(/C#N)C(=O)[O-])c(-c2ccc(Cl)cc2)n1. The van der Waals surface area contributed by atoms with E-state index in [2.05, 4.69) is 5.10 Å². The highest BCUT2D eigenvalue weighted by Gasteiger charge is 2.11. The molecule has 0 saturated carbocycles. The number of nitriles is 2. The fraction of sp³-hybridized carbons (Fsp3) is 0.125. The van der Waals surface area contributed by atoms with Crippen molar-refractivity contribution in [2.45, 2.75) is 13.0 Å². The molecule has 6 nitrogen and oxygen atoms in total. The summed E-state index contributed by atoms with van der Waals surface area (Å²) < 4.78 is 1.53. The molecule has 0 amide bonds. The van der Waals surface area contributed by atoms with Crippen molar-refractivity contribution >= 4 is 23.6 Å². The maximum atomic E-state index is 10.9. The summed E-state index contributed by atoms with van der Waals surface area (Å²) >= 11 is 5.86. The first-order chi connectivity index (χ1) is 11.0. The number of hydrogen-bond donors (Lipinski definition) is 0. The second kappa shape index (κ2) is 7.26. The predicted octanol–water partition coefficient (Wildman–Crippen LogP) is 1.77. The van der Waals surface area contributed by atoms with Crippen LogP contribution in [0.15, 0.2) is 36.0 Å². The lowest BCUT2D eigenvalue weighted by Crippen LogP contribution is -2.23. The maximum absolute atomic E-state index is 10.9. The molecule has 2 rings (SSSR count). The highest BCUT2D eigenvalue weighted by atomic mass is 35.5. The Morgan fingerprint density at radius 3 is 2.61 bits per heavy atom. The molecule has 114 valence electrons. The van der Waals surface area contributed by atoms with Gasteiger partial charge in [-0.2, -0.15) is 15.6 Å². The van der Waals surface area contributed by atoms with E-state index in [1.54, 1.807) is 36.5 Å². The van der Waals surface area contributed by atoms with Gasteiger partial charge in [0, 0.05) is 22.3 Å². The lowest BCUT2D eigenvalue weighted by Gasteiger charge is -2.01. The van der Waals surface area contributed by atoms with Gasteiger partial charge in [-0.25, -0.2) is 0 Å². The molecule has 0 bridgehead atoms. The number of aromatic nitrogens is 2. The van der Waals surface area contributed by atoms with Crippen molar-refractivity contribution in [2.24, 2.45) is 0 Å². The van der Waals surface area contributed by atoms with Crippen LogP contribution in [0.25, 0.3) is 17.3 Å². The zero-order valence-electron chi connectivity index (χ0n) is 11.9. The number of carbonyl (C=O) groups is 1. The minimum atomic E-state index is -1.56. The standard InChI is InChI=1S/C16H11ClN4O2/c17-14-4-2-11(3-5-14)15-13(8-12(9-19)16(22)23)10-21(20-15)7-1-6-18/h2-5,8,10H,1,7H2,(H,22,23)/p-1/b12-8-. The van der Waals surface area contributed by atoms with Gasteiger partial charge in [-0.3, -0.25) is 4.68 Å². The summed E-state index contributed by atoms with van der Waals surface area (Å²) in [7, 11) is 0. The Morgan fingerprint density at radius 2 is 2.04 bits per heavy atom. The molecular formula is C16H10ClN4O2-. The van der Waals surface area contributed by atoms with E-state index in [9.17, 15) is 9.90 Å². The third-order valence-electron chi connectivity index (χ3n) is 3.00. The largest absolute Gasteiger partial charge is 0.544 e. The zero-order chi connectivity index (χ0) is 16.8. The minimum absolute atomic E-state index is 0.260. The molecule has 0 radical (unpaired) electrons. The normalized spacial score (nSPS) is 10.8. The van der Waals surface area contributed by atoms with Gasteiger partial charge in [0.05, 0.1) is 36.3 Å². The zero-order valence-corrected chi connectivity index (χ0v) is 12.6. The van der Waals surface area contributed by atoms with Crippen LogP contribution in [0.1, 0.15) is 12.0 Å². The fourth-order valence-corrected chi connectivity index (χ4v) is 2.07. The van der Waals surface area contributed by atoms with Crippen LogP contribution in [-0.2, 0) is 11.3 Å². The van der Waals surface area contributed by atoms with Crippen LogP contribution in [0.2, 0.25) is 5.02 Å². The molecule has 23 heavy (non-hydrogen) atoms. The Labute approximate surface area is 137 Å². The van der Waals surface area contributed by atoms with Crippen LogP contribution in [0.3, 0.4) is 0 Å². The minimum Gasteiger partial charge on any atom is -0.544 e. The van der Waals surface area contributed by atoms with E-state index in [0.29, 0.717) is 28.4 Å². The summed E-state index contributed by atoms with van der Waals surface area (Å²) in [4.78, 5) is 10.9. The molecule has 1 heterocycles. The van der Waals surface area contributed by atoms with Crippen LogP contribution in [0, 0.1) is 22.7 Å². The van der Waals surface area contributed by atoms with E-state index in [-0.39, 0.29) is 6.42 Å². The molecular weight excluding hydrogens is 316 g/mol. The van der Waals surface area contributed by atoms with E-state index in [1.807, 2.05) is 6.07 Å². The molecule has 0 fully saturated rings. The number of carboxylic acid groups (broad SMARTS) is 1. The van der Waals surface area contributed by atoms with Crippen molar-refractivity contribution in [3.8, 4) is 23.4 Å². The topological polar surface area (TPSA) is 106 Å². The second-order valence-electron chi connectivity index (χ2n) is 4.57. The highest BCUT2D eigenvalue weighted by molar-refractivity contribution is 6.30. The molecule has 7 heteroatoms. The lowest BCUT2D eigenvalue weighted by atomic mass is 10.1. The predicted molar refractivity (Wildman–Crippen MR) is 81.5 cm³/mol. The summed E-state index contributed by atoms with van der Waals surface area (Å²) in [6.45, 7) is 0.359. The number of halogens is 1. The molecule has 0 unspecified atom stereocenters. The monoisotopic (exact) mass is 325 g/mol. The Kier molecular flexibility index (Phi) is 5.14. The molecule has 0 aliphatic heterocycles. The Bertz CT molecular complexity index is 838. The van der Waals surface area contributed by atoms with E-state index < -0.39 is 11.5 Å². The molecule has 0 aliphatic carbocycles. The molecule has 0 saturated heterocycles. The van der Waals surface area contributed by atoms with Gasteiger partial charge in [-0.15, -0.1) is 0 Å². The molecule has 0 atom stereocenters. The molecule has 1 aromatic heterocycles. The van der Waals surface area contributed by atoms with Crippen LogP contribution in [-0.4, -0.2) is 15.7 Å². The van der Waals surface area contributed by atoms with Crippen molar-refractivity contribution in [2.75, 3.05) is 0 Å². The van der Waals surface area contributed by atoms with Crippen molar-refractivity contribution in [3.05, 3.63) is 46.6 Å². The van der Waals surface area contributed by atoms with Gasteiger partial charge in [0.25, 0.3) is 0 Å². The fourth-order valence-electron chi connectivity index (χ4n) is 1.95. The first-order valence-electron chi connectivity index (χ1n) is 6.58. The molecule has 0 spiro atoms. The number of carbonyl (C=O) groups excluding carboxylic acids is 1. The summed E-state index contributed by atoms with van der Waals surface area (Å²) in [6, 6.07) is 10.4. The van der Waals surface area contributed by atoms with Crippen LogP contribution in [0.5, 0.6) is 0 Å². The van der Waals surface area contributed by atoms with Crippen molar-refractivity contribution in [1.82, 2.24) is 9.78 Å². The van der Waals surface area contributed by atoms with Crippen molar-refractivity contribution in [1.29, 1.82) is 10.5 Å². The van der Waals surface area contributed by atoms with Crippen LogP contribution in [0.4, 0.5) is 0 Å². The molecule has 2 aromatic rings. The smallest absolute Gasteiger partial charge is 0.101 e. The summed E-state index contributed by atoms with van der Waals surface area (Å²) in [5, 5.41) is 33.4. The van der Waals surface area contributed by atoms with Gasteiger partial charge in [0.15, 0.2) is 0 Å². The average molecular weight is 326 g/mol. The first kappa shape index (κ1) is 16.3.